The fraction of sp³-hybridized carbons (Fsp3) is 0.400. The lowest BCUT2D eigenvalue weighted by atomic mass is 10.2. The molecule has 25 heavy (non-hydrogen) atoms. The summed E-state index contributed by atoms with van der Waals surface area (Å²) in [6, 6.07) is 16.2. The topological polar surface area (TPSA) is 54.5 Å². The smallest absolute Gasteiger partial charge is 0.123 e. The van der Waals surface area contributed by atoms with Crippen LogP contribution >= 0.6 is 0 Å². The molecule has 0 saturated heterocycles. The molecule has 0 unspecified atom stereocenters. The first-order chi connectivity index (χ1) is 12.3. The van der Waals surface area contributed by atoms with Crippen LogP contribution in [0.1, 0.15) is 11.1 Å². The van der Waals surface area contributed by atoms with Crippen molar-refractivity contribution >= 4 is 0 Å². The van der Waals surface area contributed by atoms with Gasteiger partial charge < -0.3 is 25.4 Å². The van der Waals surface area contributed by atoms with Gasteiger partial charge in [0, 0.05) is 50.4 Å². The Kier molecular flexibility index (Phi) is 8.83. The van der Waals surface area contributed by atoms with E-state index in [1.165, 1.54) is 11.1 Å². The molecule has 3 N–H and O–H groups in total. The molecule has 2 aromatic carbocycles. The van der Waals surface area contributed by atoms with E-state index in [1.54, 1.807) is 14.2 Å². The Morgan fingerprint density at radius 1 is 0.600 bits per heavy atom. The zero-order chi connectivity index (χ0) is 17.7. The fourth-order valence-electron chi connectivity index (χ4n) is 2.62. The van der Waals surface area contributed by atoms with Crippen molar-refractivity contribution in [1.82, 2.24) is 16.0 Å². The molecule has 2 aromatic rings. The van der Waals surface area contributed by atoms with Gasteiger partial charge in [0.1, 0.15) is 11.5 Å². The van der Waals surface area contributed by atoms with Crippen LogP contribution in [0.25, 0.3) is 0 Å². The van der Waals surface area contributed by atoms with Crippen LogP contribution in [0.2, 0.25) is 0 Å². The lowest BCUT2D eigenvalue weighted by Crippen LogP contribution is -2.32. The molecule has 5 nitrogen and oxygen atoms in total. The minimum Gasteiger partial charge on any atom is -0.496 e. The van der Waals surface area contributed by atoms with E-state index in [2.05, 4.69) is 28.1 Å². The molecule has 0 bridgehead atoms. The zero-order valence-electron chi connectivity index (χ0n) is 15.2. The number of hydrogen-bond donors (Lipinski definition) is 3. The van der Waals surface area contributed by atoms with Gasteiger partial charge in [-0.2, -0.15) is 0 Å². The second-order valence-electron chi connectivity index (χ2n) is 5.73. The van der Waals surface area contributed by atoms with Crippen LogP contribution in [-0.4, -0.2) is 40.4 Å². The molecule has 0 amide bonds. The molecule has 136 valence electrons. The predicted octanol–water partition coefficient (Wildman–Crippen LogP) is 2.17. The molecule has 0 atom stereocenters. The second-order valence-corrected chi connectivity index (χ2v) is 5.73. The third-order valence-electron chi connectivity index (χ3n) is 3.97. The van der Waals surface area contributed by atoms with Gasteiger partial charge in [-0.25, -0.2) is 0 Å². The van der Waals surface area contributed by atoms with E-state index in [4.69, 9.17) is 9.47 Å². The van der Waals surface area contributed by atoms with E-state index in [0.717, 1.165) is 50.8 Å². The Morgan fingerprint density at radius 3 is 1.44 bits per heavy atom. The predicted molar refractivity (Wildman–Crippen MR) is 102 cm³/mol. The van der Waals surface area contributed by atoms with Crippen LogP contribution < -0.4 is 25.4 Å². The Morgan fingerprint density at radius 2 is 1.00 bits per heavy atom. The maximum Gasteiger partial charge on any atom is 0.123 e. The SMILES string of the molecule is COc1ccccc1CNCCNCCNCc1ccccc1OC. The van der Waals surface area contributed by atoms with Gasteiger partial charge in [-0.05, 0) is 12.1 Å². The van der Waals surface area contributed by atoms with Gasteiger partial charge in [-0.3, -0.25) is 0 Å². The molecule has 0 fully saturated rings. The lowest BCUT2D eigenvalue weighted by molar-refractivity contribution is 0.407. The molecule has 0 heterocycles. The van der Waals surface area contributed by atoms with Gasteiger partial charge in [0.2, 0.25) is 0 Å². The molecule has 0 aromatic heterocycles. The minimum atomic E-state index is 0.817. The number of ether oxygens (including phenoxy) is 2. The first-order valence-corrected chi connectivity index (χ1v) is 8.71. The lowest BCUT2D eigenvalue weighted by Gasteiger charge is -2.11. The van der Waals surface area contributed by atoms with Crippen molar-refractivity contribution in [2.24, 2.45) is 0 Å². The van der Waals surface area contributed by atoms with Crippen molar-refractivity contribution in [2.75, 3.05) is 40.4 Å². The van der Waals surface area contributed by atoms with Gasteiger partial charge in [0.25, 0.3) is 0 Å². The Labute approximate surface area is 150 Å². The minimum absolute atomic E-state index is 0.817. The van der Waals surface area contributed by atoms with Crippen LogP contribution in [0.3, 0.4) is 0 Å². The molecule has 0 radical (unpaired) electrons. The van der Waals surface area contributed by atoms with Crippen molar-refractivity contribution in [3.8, 4) is 11.5 Å². The molecular weight excluding hydrogens is 314 g/mol. The van der Waals surface area contributed by atoms with Crippen LogP contribution in [0.4, 0.5) is 0 Å². The van der Waals surface area contributed by atoms with Gasteiger partial charge in [0.15, 0.2) is 0 Å². The van der Waals surface area contributed by atoms with Gasteiger partial charge in [0.05, 0.1) is 14.2 Å². The molecule has 0 aliphatic carbocycles. The maximum atomic E-state index is 5.35. The average molecular weight is 343 g/mol. The quantitative estimate of drug-likeness (QED) is 0.516. The summed E-state index contributed by atoms with van der Waals surface area (Å²) in [5.41, 5.74) is 2.37. The number of rotatable bonds is 12. The fourth-order valence-corrected chi connectivity index (χ4v) is 2.62. The zero-order valence-corrected chi connectivity index (χ0v) is 15.2. The van der Waals surface area contributed by atoms with E-state index >= 15 is 0 Å². The summed E-state index contributed by atoms with van der Waals surface area (Å²) < 4.78 is 10.7. The largest absolute Gasteiger partial charge is 0.496 e. The summed E-state index contributed by atoms with van der Waals surface area (Å²) in [7, 11) is 3.41. The van der Waals surface area contributed by atoms with Crippen LogP contribution in [0.5, 0.6) is 11.5 Å². The summed E-state index contributed by atoms with van der Waals surface area (Å²) in [5.74, 6) is 1.87. The van der Waals surface area contributed by atoms with E-state index in [9.17, 15) is 0 Å². The highest BCUT2D eigenvalue weighted by molar-refractivity contribution is 5.33. The molecular formula is C20H29N3O2. The summed E-state index contributed by atoms with van der Waals surface area (Å²) >= 11 is 0. The van der Waals surface area contributed by atoms with Crippen LogP contribution in [0.15, 0.2) is 48.5 Å². The van der Waals surface area contributed by atoms with Crippen LogP contribution in [0, 0.1) is 0 Å². The van der Waals surface area contributed by atoms with Crippen LogP contribution in [-0.2, 0) is 13.1 Å². The Balaban J connectivity index is 1.51. The van der Waals surface area contributed by atoms with Crippen molar-refractivity contribution in [1.29, 1.82) is 0 Å². The third kappa shape index (κ3) is 6.74. The number of methoxy groups -OCH3 is 2. The highest BCUT2D eigenvalue weighted by atomic mass is 16.5. The monoisotopic (exact) mass is 343 g/mol. The molecule has 5 heteroatoms. The number of hydrogen-bond acceptors (Lipinski definition) is 5. The van der Waals surface area contributed by atoms with Crippen molar-refractivity contribution in [3.05, 3.63) is 59.7 Å². The Hall–Kier alpha value is -2.08. The van der Waals surface area contributed by atoms with Gasteiger partial charge in [-0.1, -0.05) is 36.4 Å². The van der Waals surface area contributed by atoms with E-state index < -0.39 is 0 Å². The van der Waals surface area contributed by atoms with E-state index in [1.807, 2.05) is 36.4 Å². The summed E-state index contributed by atoms with van der Waals surface area (Å²) in [6.45, 7) is 5.35. The molecule has 2 rings (SSSR count). The molecule has 0 aliphatic rings. The average Bonchev–Trinajstić information content (AvgIpc) is 2.67. The van der Waals surface area contributed by atoms with Crippen molar-refractivity contribution < 1.29 is 9.47 Å². The number of benzene rings is 2. The standard InChI is InChI=1S/C20H29N3O2/c1-24-19-9-5-3-7-17(19)15-22-13-11-21-12-14-23-16-18-8-4-6-10-20(18)25-2/h3-10,21-23H,11-16H2,1-2H3. The summed E-state index contributed by atoms with van der Waals surface area (Å²) in [5, 5.41) is 10.3. The second kappa shape index (κ2) is 11.5. The number of nitrogens with one attached hydrogen (secondary N) is 3. The number of para-hydroxylation sites is 2. The Bertz CT molecular complexity index is 566. The highest BCUT2D eigenvalue weighted by Crippen LogP contribution is 2.17. The van der Waals surface area contributed by atoms with E-state index in [0.29, 0.717) is 0 Å². The first kappa shape index (κ1) is 19.2. The molecule has 0 saturated carbocycles. The van der Waals surface area contributed by atoms with Gasteiger partial charge in [-0.15, -0.1) is 0 Å². The summed E-state index contributed by atoms with van der Waals surface area (Å²) in [6.07, 6.45) is 0. The summed E-state index contributed by atoms with van der Waals surface area (Å²) in [4.78, 5) is 0. The molecule has 0 spiro atoms. The maximum absolute atomic E-state index is 5.35. The van der Waals surface area contributed by atoms with E-state index in [-0.39, 0.29) is 0 Å². The third-order valence-corrected chi connectivity index (χ3v) is 3.97. The molecule has 0 aliphatic heterocycles. The first-order valence-electron chi connectivity index (χ1n) is 8.71. The van der Waals surface area contributed by atoms with Gasteiger partial charge >= 0.3 is 0 Å². The normalized spacial score (nSPS) is 10.6. The van der Waals surface area contributed by atoms with Crippen molar-refractivity contribution in [3.63, 3.8) is 0 Å². The van der Waals surface area contributed by atoms with Crippen molar-refractivity contribution in [2.45, 2.75) is 13.1 Å². The highest BCUT2D eigenvalue weighted by Gasteiger charge is 2.01.